The maximum atomic E-state index is 4.42. The molecule has 0 fully saturated rings. The van der Waals surface area contributed by atoms with E-state index in [1.807, 2.05) is 24.1 Å². The third-order valence-electron chi connectivity index (χ3n) is 3.34. The van der Waals surface area contributed by atoms with E-state index >= 15 is 0 Å². The van der Waals surface area contributed by atoms with Crippen molar-refractivity contribution in [3.05, 3.63) is 41.3 Å². The minimum Gasteiger partial charge on any atom is -0.359 e. The molecule has 0 aliphatic heterocycles. The standard InChI is InChI=1S/C14H20N4/c1-11-5-6-14(15-9-11)17(3)8-7-13-10-16-18(4)12(13)2/h5-6,9-10H,7-8H2,1-4H3. The summed E-state index contributed by atoms with van der Waals surface area (Å²) in [7, 11) is 4.05. The molecule has 18 heavy (non-hydrogen) atoms. The molecule has 0 aliphatic rings. The molecular weight excluding hydrogens is 224 g/mol. The summed E-state index contributed by atoms with van der Waals surface area (Å²) in [5.74, 6) is 1.02. The zero-order valence-electron chi connectivity index (χ0n) is 11.5. The summed E-state index contributed by atoms with van der Waals surface area (Å²) in [6.07, 6.45) is 4.85. The fraction of sp³-hybridized carbons (Fsp3) is 0.429. The smallest absolute Gasteiger partial charge is 0.128 e. The second-order valence-corrected chi connectivity index (χ2v) is 4.74. The van der Waals surface area contributed by atoms with Crippen LogP contribution in [0.1, 0.15) is 16.8 Å². The summed E-state index contributed by atoms with van der Waals surface area (Å²) in [5.41, 5.74) is 3.73. The monoisotopic (exact) mass is 244 g/mol. The Kier molecular flexibility index (Phi) is 3.65. The molecule has 0 N–H and O–H groups in total. The van der Waals surface area contributed by atoms with Crippen LogP contribution in [-0.2, 0) is 13.5 Å². The number of anilines is 1. The number of nitrogens with zero attached hydrogens (tertiary/aromatic N) is 4. The van der Waals surface area contributed by atoms with Crippen molar-refractivity contribution in [1.82, 2.24) is 14.8 Å². The Morgan fingerprint density at radius 1 is 1.22 bits per heavy atom. The molecule has 0 amide bonds. The van der Waals surface area contributed by atoms with Crippen molar-refractivity contribution in [3.8, 4) is 0 Å². The Morgan fingerprint density at radius 2 is 2.00 bits per heavy atom. The van der Waals surface area contributed by atoms with Gasteiger partial charge in [0, 0.05) is 32.5 Å². The van der Waals surface area contributed by atoms with E-state index < -0.39 is 0 Å². The molecule has 0 aliphatic carbocycles. The zero-order chi connectivity index (χ0) is 13.1. The number of pyridine rings is 1. The lowest BCUT2D eigenvalue weighted by Gasteiger charge is -2.17. The molecule has 2 aromatic rings. The highest BCUT2D eigenvalue weighted by atomic mass is 15.3. The fourth-order valence-corrected chi connectivity index (χ4v) is 1.88. The number of rotatable bonds is 4. The average molecular weight is 244 g/mol. The molecule has 0 radical (unpaired) electrons. The van der Waals surface area contributed by atoms with Gasteiger partial charge in [0.1, 0.15) is 5.82 Å². The van der Waals surface area contributed by atoms with E-state index in [0.717, 1.165) is 18.8 Å². The van der Waals surface area contributed by atoms with Crippen LogP contribution in [0, 0.1) is 13.8 Å². The lowest BCUT2D eigenvalue weighted by molar-refractivity contribution is 0.736. The summed E-state index contributed by atoms with van der Waals surface area (Å²) in [6.45, 7) is 5.10. The molecule has 2 rings (SSSR count). The van der Waals surface area contributed by atoms with Crippen LogP contribution in [-0.4, -0.2) is 28.4 Å². The molecule has 0 aromatic carbocycles. The van der Waals surface area contributed by atoms with Crippen molar-refractivity contribution < 1.29 is 0 Å². The topological polar surface area (TPSA) is 34.0 Å². The van der Waals surface area contributed by atoms with Crippen LogP contribution in [0.2, 0.25) is 0 Å². The highest BCUT2D eigenvalue weighted by Gasteiger charge is 2.06. The van der Waals surface area contributed by atoms with Crippen molar-refractivity contribution in [2.75, 3.05) is 18.5 Å². The van der Waals surface area contributed by atoms with Crippen LogP contribution >= 0.6 is 0 Å². The molecule has 4 nitrogen and oxygen atoms in total. The van der Waals surface area contributed by atoms with E-state index in [9.17, 15) is 0 Å². The molecule has 0 spiro atoms. The Hall–Kier alpha value is -1.84. The van der Waals surface area contributed by atoms with Gasteiger partial charge in [0.15, 0.2) is 0 Å². The summed E-state index contributed by atoms with van der Waals surface area (Å²) in [4.78, 5) is 6.60. The van der Waals surface area contributed by atoms with Gasteiger partial charge in [-0.1, -0.05) is 6.07 Å². The number of aryl methyl sites for hydroxylation is 2. The summed E-state index contributed by atoms with van der Waals surface area (Å²) in [5, 5.41) is 4.26. The number of likely N-dealkylation sites (N-methyl/N-ethyl adjacent to an activating group) is 1. The van der Waals surface area contributed by atoms with Crippen molar-refractivity contribution in [3.63, 3.8) is 0 Å². The normalized spacial score (nSPS) is 10.7. The van der Waals surface area contributed by atoms with Crippen LogP contribution in [0.3, 0.4) is 0 Å². The first kappa shape index (κ1) is 12.6. The first-order valence-electron chi connectivity index (χ1n) is 6.19. The SMILES string of the molecule is Cc1ccc(N(C)CCc2cnn(C)c2C)nc1. The molecule has 2 aromatic heterocycles. The Morgan fingerprint density at radius 3 is 2.56 bits per heavy atom. The number of aromatic nitrogens is 3. The van der Waals surface area contributed by atoms with Gasteiger partial charge in [0.25, 0.3) is 0 Å². The van der Waals surface area contributed by atoms with Gasteiger partial charge in [-0.15, -0.1) is 0 Å². The Labute approximate surface area is 108 Å². The van der Waals surface area contributed by atoms with Crippen molar-refractivity contribution in [2.24, 2.45) is 7.05 Å². The van der Waals surface area contributed by atoms with E-state index in [-0.39, 0.29) is 0 Å². The maximum absolute atomic E-state index is 4.42. The number of hydrogen-bond donors (Lipinski definition) is 0. The van der Waals surface area contributed by atoms with E-state index in [2.05, 4.69) is 48.0 Å². The molecule has 0 atom stereocenters. The van der Waals surface area contributed by atoms with Crippen molar-refractivity contribution >= 4 is 5.82 Å². The van der Waals surface area contributed by atoms with Gasteiger partial charge in [-0.3, -0.25) is 4.68 Å². The van der Waals surface area contributed by atoms with Gasteiger partial charge < -0.3 is 4.90 Å². The number of hydrogen-bond acceptors (Lipinski definition) is 3. The van der Waals surface area contributed by atoms with Crippen LogP contribution in [0.5, 0.6) is 0 Å². The first-order valence-corrected chi connectivity index (χ1v) is 6.19. The lowest BCUT2D eigenvalue weighted by Crippen LogP contribution is -2.21. The second kappa shape index (κ2) is 5.21. The van der Waals surface area contributed by atoms with Gasteiger partial charge in [0.05, 0.1) is 6.20 Å². The quantitative estimate of drug-likeness (QED) is 0.826. The minimum atomic E-state index is 0.947. The van der Waals surface area contributed by atoms with E-state index in [1.165, 1.54) is 16.8 Å². The highest BCUT2D eigenvalue weighted by Crippen LogP contribution is 2.11. The summed E-state index contributed by atoms with van der Waals surface area (Å²) >= 11 is 0. The van der Waals surface area contributed by atoms with Gasteiger partial charge in [-0.05, 0) is 37.5 Å². The Bertz CT molecular complexity index is 513. The van der Waals surface area contributed by atoms with Gasteiger partial charge >= 0.3 is 0 Å². The van der Waals surface area contributed by atoms with E-state index in [4.69, 9.17) is 0 Å². The van der Waals surface area contributed by atoms with Crippen molar-refractivity contribution in [1.29, 1.82) is 0 Å². The van der Waals surface area contributed by atoms with Crippen LogP contribution in [0.4, 0.5) is 5.82 Å². The van der Waals surface area contributed by atoms with Crippen molar-refractivity contribution in [2.45, 2.75) is 20.3 Å². The molecule has 2 heterocycles. The second-order valence-electron chi connectivity index (χ2n) is 4.74. The lowest BCUT2D eigenvalue weighted by atomic mass is 10.2. The molecular formula is C14H20N4. The maximum Gasteiger partial charge on any atom is 0.128 e. The molecule has 4 heteroatoms. The first-order chi connectivity index (χ1) is 8.58. The van der Waals surface area contributed by atoms with Gasteiger partial charge in [-0.2, -0.15) is 5.10 Å². The molecule has 0 saturated carbocycles. The largest absolute Gasteiger partial charge is 0.359 e. The van der Waals surface area contributed by atoms with E-state index in [1.54, 1.807) is 0 Å². The van der Waals surface area contributed by atoms with Gasteiger partial charge in [0.2, 0.25) is 0 Å². The van der Waals surface area contributed by atoms with Crippen LogP contribution < -0.4 is 4.90 Å². The van der Waals surface area contributed by atoms with E-state index in [0.29, 0.717) is 0 Å². The Balaban J connectivity index is 1.98. The predicted molar refractivity (Wildman–Crippen MR) is 73.9 cm³/mol. The van der Waals surface area contributed by atoms with Gasteiger partial charge in [-0.25, -0.2) is 4.98 Å². The molecule has 0 bridgehead atoms. The third-order valence-corrected chi connectivity index (χ3v) is 3.34. The van der Waals surface area contributed by atoms with Crippen LogP contribution in [0.25, 0.3) is 0 Å². The fourth-order valence-electron chi connectivity index (χ4n) is 1.88. The molecule has 96 valence electrons. The zero-order valence-corrected chi connectivity index (χ0v) is 11.5. The predicted octanol–water partition coefficient (Wildman–Crippen LogP) is 2.11. The molecule has 0 unspecified atom stereocenters. The average Bonchev–Trinajstić information content (AvgIpc) is 2.68. The summed E-state index contributed by atoms with van der Waals surface area (Å²) in [6, 6.07) is 4.15. The molecule has 0 saturated heterocycles. The highest BCUT2D eigenvalue weighted by molar-refractivity contribution is 5.38. The van der Waals surface area contributed by atoms with Crippen LogP contribution in [0.15, 0.2) is 24.5 Å². The third kappa shape index (κ3) is 2.70. The summed E-state index contributed by atoms with van der Waals surface area (Å²) < 4.78 is 1.92. The minimum absolute atomic E-state index is 0.947.